The van der Waals surface area contributed by atoms with Gasteiger partial charge in [0.05, 0.1) is 6.04 Å². The molecule has 1 aromatic carbocycles. The number of anilines is 1. The summed E-state index contributed by atoms with van der Waals surface area (Å²) in [5, 5.41) is 6.50. The van der Waals surface area contributed by atoms with E-state index in [1.807, 2.05) is 35.6 Å². The lowest BCUT2D eigenvalue weighted by molar-refractivity contribution is 0.722. The van der Waals surface area contributed by atoms with Crippen molar-refractivity contribution >= 4 is 17.0 Å². The van der Waals surface area contributed by atoms with Crippen LogP contribution in [0, 0.1) is 0 Å². The molecule has 0 saturated heterocycles. The van der Waals surface area contributed by atoms with Crippen LogP contribution in [0.4, 0.5) is 5.69 Å². The zero-order valence-corrected chi connectivity index (χ0v) is 12.3. The van der Waals surface area contributed by atoms with E-state index in [2.05, 4.69) is 46.5 Å². The number of imidazole rings is 1. The molecule has 0 spiro atoms. The molecule has 0 fully saturated rings. The van der Waals surface area contributed by atoms with Crippen LogP contribution in [-0.2, 0) is 7.05 Å². The second-order valence-electron chi connectivity index (χ2n) is 4.68. The molecule has 0 aliphatic heterocycles. The normalized spacial score (nSPS) is 12.3. The maximum Gasteiger partial charge on any atom is 0.130 e. The van der Waals surface area contributed by atoms with Gasteiger partial charge in [0, 0.05) is 42.3 Å². The molecule has 3 aromatic rings. The zero-order valence-electron chi connectivity index (χ0n) is 11.4. The van der Waals surface area contributed by atoms with Crippen LogP contribution < -0.4 is 5.32 Å². The summed E-state index contributed by atoms with van der Waals surface area (Å²) >= 11 is 1.65. The number of thiazole rings is 1. The molecule has 2 heterocycles. The summed E-state index contributed by atoms with van der Waals surface area (Å²) in [7, 11) is 2.01. The van der Waals surface area contributed by atoms with Crippen molar-refractivity contribution in [3.63, 3.8) is 0 Å². The molecule has 5 heteroatoms. The molecule has 1 atom stereocenters. The van der Waals surface area contributed by atoms with Gasteiger partial charge >= 0.3 is 0 Å². The third kappa shape index (κ3) is 2.58. The highest BCUT2D eigenvalue weighted by molar-refractivity contribution is 7.13. The highest BCUT2D eigenvalue weighted by Crippen LogP contribution is 2.24. The number of aromatic nitrogens is 3. The third-order valence-electron chi connectivity index (χ3n) is 3.19. The average molecular weight is 284 g/mol. The molecule has 3 rings (SSSR count). The Morgan fingerprint density at radius 2 is 1.95 bits per heavy atom. The van der Waals surface area contributed by atoms with Gasteiger partial charge in [0.2, 0.25) is 0 Å². The second kappa shape index (κ2) is 5.46. The van der Waals surface area contributed by atoms with Crippen LogP contribution in [0.2, 0.25) is 0 Å². The molecule has 1 unspecified atom stereocenters. The van der Waals surface area contributed by atoms with Crippen molar-refractivity contribution in [2.45, 2.75) is 13.0 Å². The first-order chi connectivity index (χ1) is 9.74. The highest BCUT2D eigenvalue weighted by atomic mass is 32.1. The first kappa shape index (κ1) is 12.9. The number of hydrogen-bond acceptors (Lipinski definition) is 4. The minimum Gasteiger partial charge on any atom is -0.375 e. The fraction of sp³-hybridized carbons (Fsp3) is 0.200. The van der Waals surface area contributed by atoms with E-state index in [0.29, 0.717) is 0 Å². The summed E-state index contributed by atoms with van der Waals surface area (Å²) in [5.41, 5.74) is 2.23. The van der Waals surface area contributed by atoms with E-state index in [4.69, 9.17) is 0 Å². The summed E-state index contributed by atoms with van der Waals surface area (Å²) in [6.07, 6.45) is 5.60. The number of aryl methyl sites for hydroxylation is 1. The van der Waals surface area contributed by atoms with Gasteiger partial charge in [-0.15, -0.1) is 11.3 Å². The standard InChI is InChI=1S/C15H16N4S/c1-11(14-16-7-9-19(14)2)18-13-5-3-12(4-6-13)15-17-8-10-20-15/h3-11,18H,1-2H3. The predicted molar refractivity (Wildman–Crippen MR) is 82.8 cm³/mol. The van der Waals surface area contributed by atoms with E-state index < -0.39 is 0 Å². The summed E-state index contributed by atoms with van der Waals surface area (Å²) < 4.78 is 2.03. The van der Waals surface area contributed by atoms with Crippen molar-refractivity contribution in [3.8, 4) is 10.6 Å². The molecule has 2 aromatic heterocycles. The summed E-state index contributed by atoms with van der Waals surface area (Å²) in [6, 6.07) is 8.51. The summed E-state index contributed by atoms with van der Waals surface area (Å²) in [4.78, 5) is 8.68. The van der Waals surface area contributed by atoms with Crippen molar-refractivity contribution in [1.82, 2.24) is 14.5 Å². The Morgan fingerprint density at radius 3 is 2.55 bits per heavy atom. The SMILES string of the molecule is CC(Nc1ccc(-c2nccs2)cc1)c1nccn1C. The van der Waals surface area contributed by atoms with Crippen LogP contribution in [0.5, 0.6) is 0 Å². The maximum atomic E-state index is 4.36. The van der Waals surface area contributed by atoms with Crippen molar-refractivity contribution in [1.29, 1.82) is 0 Å². The van der Waals surface area contributed by atoms with Gasteiger partial charge in [-0.25, -0.2) is 9.97 Å². The van der Waals surface area contributed by atoms with Gasteiger partial charge in [-0.3, -0.25) is 0 Å². The largest absolute Gasteiger partial charge is 0.375 e. The van der Waals surface area contributed by atoms with Gasteiger partial charge in [-0.2, -0.15) is 0 Å². The Labute approximate surface area is 122 Å². The fourth-order valence-corrected chi connectivity index (χ4v) is 2.83. The number of nitrogens with one attached hydrogen (secondary N) is 1. The topological polar surface area (TPSA) is 42.7 Å². The van der Waals surface area contributed by atoms with Crippen molar-refractivity contribution in [2.75, 3.05) is 5.32 Å². The van der Waals surface area contributed by atoms with Crippen LogP contribution in [-0.4, -0.2) is 14.5 Å². The van der Waals surface area contributed by atoms with Crippen LogP contribution in [0.25, 0.3) is 10.6 Å². The quantitative estimate of drug-likeness (QED) is 0.794. The molecule has 1 N–H and O–H groups in total. The molecule has 20 heavy (non-hydrogen) atoms. The van der Waals surface area contributed by atoms with E-state index in [-0.39, 0.29) is 6.04 Å². The lowest BCUT2D eigenvalue weighted by Crippen LogP contribution is -2.11. The van der Waals surface area contributed by atoms with E-state index >= 15 is 0 Å². The lowest BCUT2D eigenvalue weighted by atomic mass is 10.2. The monoisotopic (exact) mass is 284 g/mol. The van der Waals surface area contributed by atoms with Crippen molar-refractivity contribution < 1.29 is 0 Å². The zero-order chi connectivity index (χ0) is 13.9. The van der Waals surface area contributed by atoms with Crippen LogP contribution >= 0.6 is 11.3 Å². The smallest absolute Gasteiger partial charge is 0.130 e. The van der Waals surface area contributed by atoms with E-state index in [9.17, 15) is 0 Å². The Bertz CT molecular complexity index is 670. The average Bonchev–Trinajstić information content (AvgIpc) is 3.10. The summed E-state index contributed by atoms with van der Waals surface area (Å²) in [5.74, 6) is 1.02. The molecule has 0 aliphatic carbocycles. The number of nitrogens with zero attached hydrogens (tertiary/aromatic N) is 3. The molecule has 0 bridgehead atoms. The number of rotatable bonds is 4. The molecule has 0 amide bonds. The molecule has 102 valence electrons. The van der Waals surface area contributed by atoms with E-state index in [0.717, 1.165) is 22.1 Å². The third-order valence-corrected chi connectivity index (χ3v) is 4.02. The highest BCUT2D eigenvalue weighted by Gasteiger charge is 2.10. The van der Waals surface area contributed by atoms with E-state index in [1.165, 1.54) is 0 Å². The number of hydrogen-bond donors (Lipinski definition) is 1. The van der Waals surface area contributed by atoms with Gasteiger partial charge in [0.15, 0.2) is 0 Å². The van der Waals surface area contributed by atoms with Crippen LogP contribution in [0.15, 0.2) is 48.2 Å². The minimum absolute atomic E-state index is 0.167. The molecule has 4 nitrogen and oxygen atoms in total. The van der Waals surface area contributed by atoms with Gasteiger partial charge in [-0.1, -0.05) is 0 Å². The second-order valence-corrected chi connectivity index (χ2v) is 5.57. The predicted octanol–water partition coefficient (Wildman–Crippen LogP) is 3.72. The molecular weight excluding hydrogens is 268 g/mol. The molecule has 0 saturated carbocycles. The first-order valence-electron chi connectivity index (χ1n) is 6.48. The Hall–Kier alpha value is -2.14. The van der Waals surface area contributed by atoms with Crippen LogP contribution in [0.3, 0.4) is 0 Å². The lowest BCUT2D eigenvalue weighted by Gasteiger charge is -2.15. The molecule has 0 radical (unpaired) electrons. The van der Waals surface area contributed by atoms with Crippen LogP contribution in [0.1, 0.15) is 18.8 Å². The van der Waals surface area contributed by atoms with Gasteiger partial charge in [-0.05, 0) is 31.2 Å². The van der Waals surface area contributed by atoms with E-state index in [1.54, 1.807) is 11.3 Å². The Kier molecular flexibility index (Phi) is 3.52. The Balaban J connectivity index is 1.74. The first-order valence-corrected chi connectivity index (χ1v) is 7.35. The van der Waals surface area contributed by atoms with Crippen molar-refractivity contribution in [2.24, 2.45) is 7.05 Å². The number of benzene rings is 1. The minimum atomic E-state index is 0.167. The Morgan fingerprint density at radius 1 is 1.15 bits per heavy atom. The molecular formula is C15H16N4S. The van der Waals surface area contributed by atoms with Gasteiger partial charge in [0.1, 0.15) is 10.8 Å². The summed E-state index contributed by atoms with van der Waals surface area (Å²) in [6.45, 7) is 2.11. The maximum absolute atomic E-state index is 4.36. The van der Waals surface area contributed by atoms with Crippen molar-refractivity contribution in [3.05, 3.63) is 54.1 Å². The molecule has 0 aliphatic rings. The van der Waals surface area contributed by atoms with Gasteiger partial charge < -0.3 is 9.88 Å². The fourth-order valence-electron chi connectivity index (χ4n) is 2.18. The van der Waals surface area contributed by atoms with Gasteiger partial charge in [0.25, 0.3) is 0 Å².